The highest BCUT2D eigenvalue weighted by Gasteiger charge is 2.14. The predicted octanol–water partition coefficient (Wildman–Crippen LogP) is 3.23. The second-order valence-corrected chi connectivity index (χ2v) is 5.45. The van der Waals surface area contributed by atoms with E-state index in [9.17, 15) is 0 Å². The van der Waals surface area contributed by atoms with Crippen LogP contribution in [-0.4, -0.2) is 24.9 Å². The fourth-order valence-corrected chi connectivity index (χ4v) is 2.68. The van der Waals surface area contributed by atoms with Gasteiger partial charge in [-0.25, -0.2) is 15.0 Å². The van der Waals surface area contributed by atoms with Gasteiger partial charge in [-0.3, -0.25) is 4.98 Å². The average molecular weight is 316 g/mol. The minimum atomic E-state index is 0.347. The number of rotatable bonds is 3. The van der Waals surface area contributed by atoms with Crippen LogP contribution >= 0.6 is 0 Å². The third-order valence-electron chi connectivity index (χ3n) is 3.91. The maximum Gasteiger partial charge on any atom is 0.161 e. The van der Waals surface area contributed by atoms with Crippen LogP contribution in [0, 0.1) is 0 Å². The summed E-state index contributed by atoms with van der Waals surface area (Å²) in [5.41, 5.74) is 11.0. The van der Waals surface area contributed by atoms with Crippen molar-refractivity contribution >= 4 is 16.9 Å². The van der Waals surface area contributed by atoms with E-state index in [1.807, 2.05) is 36.4 Å². The van der Waals surface area contributed by atoms with E-state index in [4.69, 9.17) is 5.73 Å². The Labute approximate surface area is 138 Å². The molecule has 3 heterocycles. The Kier molecular flexibility index (Phi) is 3.42. The molecule has 118 valence electrons. The van der Waals surface area contributed by atoms with Crippen LogP contribution < -0.4 is 5.73 Å². The second kappa shape index (κ2) is 5.73. The van der Waals surface area contributed by atoms with E-state index in [-0.39, 0.29) is 0 Å². The smallest absolute Gasteiger partial charge is 0.161 e. The van der Waals surface area contributed by atoms with E-state index in [0.717, 1.165) is 34.4 Å². The first kappa shape index (κ1) is 14.3. The zero-order chi connectivity index (χ0) is 16.5. The summed E-state index contributed by atoms with van der Waals surface area (Å²) in [6, 6.07) is 11.8. The summed E-state index contributed by atoms with van der Waals surface area (Å²) in [7, 11) is 0. The van der Waals surface area contributed by atoms with Gasteiger partial charge < -0.3 is 10.7 Å². The normalized spacial score (nSPS) is 11.0. The molecule has 0 amide bonds. The van der Waals surface area contributed by atoms with Crippen LogP contribution in [0.2, 0.25) is 0 Å². The van der Waals surface area contributed by atoms with Gasteiger partial charge in [-0.1, -0.05) is 37.3 Å². The van der Waals surface area contributed by atoms with Crippen molar-refractivity contribution in [2.45, 2.75) is 13.3 Å². The van der Waals surface area contributed by atoms with Crippen molar-refractivity contribution in [3.05, 3.63) is 54.5 Å². The zero-order valence-corrected chi connectivity index (χ0v) is 13.2. The molecule has 4 rings (SSSR count). The monoisotopic (exact) mass is 316 g/mol. The van der Waals surface area contributed by atoms with Gasteiger partial charge in [0.1, 0.15) is 11.2 Å². The van der Waals surface area contributed by atoms with E-state index >= 15 is 0 Å². The Bertz CT molecular complexity index is 1010. The number of anilines is 1. The minimum absolute atomic E-state index is 0.347. The van der Waals surface area contributed by atoms with Gasteiger partial charge in [0.2, 0.25) is 0 Å². The molecule has 6 heteroatoms. The van der Waals surface area contributed by atoms with E-state index < -0.39 is 0 Å². The quantitative estimate of drug-likeness (QED) is 0.605. The number of fused-ring (bicyclic) bond motifs is 1. The molecule has 0 saturated heterocycles. The molecule has 0 aliphatic rings. The van der Waals surface area contributed by atoms with Gasteiger partial charge in [-0.05, 0) is 12.5 Å². The first-order chi connectivity index (χ1) is 11.8. The lowest BCUT2D eigenvalue weighted by Crippen LogP contribution is -1.99. The molecule has 24 heavy (non-hydrogen) atoms. The molecular weight excluding hydrogens is 300 g/mol. The molecule has 1 aromatic carbocycles. The van der Waals surface area contributed by atoms with Crippen LogP contribution in [0.4, 0.5) is 5.82 Å². The molecule has 0 fully saturated rings. The highest BCUT2D eigenvalue weighted by atomic mass is 15.0. The third kappa shape index (κ3) is 2.38. The van der Waals surface area contributed by atoms with Gasteiger partial charge in [0.15, 0.2) is 11.6 Å². The van der Waals surface area contributed by atoms with Crippen LogP contribution in [0.5, 0.6) is 0 Å². The lowest BCUT2D eigenvalue weighted by molar-refractivity contribution is 1.05. The van der Waals surface area contributed by atoms with Crippen LogP contribution in [0.1, 0.15) is 12.6 Å². The number of nitrogen functional groups attached to an aromatic ring is 1. The summed E-state index contributed by atoms with van der Waals surface area (Å²) >= 11 is 0. The highest BCUT2D eigenvalue weighted by Crippen LogP contribution is 2.26. The highest BCUT2D eigenvalue weighted by molar-refractivity contribution is 5.82. The number of aromatic nitrogens is 5. The van der Waals surface area contributed by atoms with Crippen molar-refractivity contribution in [1.29, 1.82) is 0 Å². The van der Waals surface area contributed by atoms with Crippen LogP contribution in [-0.2, 0) is 6.42 Å². The predicted molar refractivity (Wildman–Crippen MR) is 94.1 cm³/mol. The van der Waals surface area contributed by atoms with Crippen molar-refractivity contribution in [2.24, 2.45) is 0 Å². The maximum absolute atomic E-state index is 6.04. The molecule has 0 aliphatic heterocycles. The Balaban J connectivity index is 1.87. The zero-order valence-electron chi connectivity index (χ0n) is 13.2. The van der Waals surface area contributed by atoms with Gasteiger partial charge in [0, 0.05) is 11.8 Å². The number of hydrogen-bond donors (Lipinski definition) is 2. The summed E-state index contributed by atoms with van der Waals surface area (Å²) < 4.78 is 0. The molecular formula is C18H16N6. The summed E-state index contributed by atoms with van der Waals surface area (Å²) in [6.45, 7) is 2.06. The maximum atomic E-state index is 6.04. The molecule has 0 atom stereocenters. The van der Waals surface area contributed by atoms with Gasteiger partial charge in [-0.2, -0.15) is 0 Å². The fourth-order valence-electron chi connectivity index (χ4n) is 2.68. The Morgan fingerprint density at radius 3 is 2.67 bits per heavy atom. The molecule has 0 saturated carbocycles. The number of benzene rings is 1. The number of hydrogen-bond acceptors (Lipinski definition) is 5. The summed E-state index contributed by atoms with van der Waals surface area (Å²) in [6.07, 6.45) is 4.27. The number of nitrogens with zero attached hydrogens (tertiary/aromatic N) is 4. The van der Waals surface area contributed by atoms with Crippen LogP contribution in [0.3, 0.4) is 0 Å². The lowest BCUT2D eigenvalue weighted by Gasteiger charge is -2.05. The van der Waals surface area contributed by atoms with Gasteiger partial charge in [-0.15, -0.1) is 0 Å². The first-order valence-electron chi connectivity index (χ1n) is 7.78. The van der Waals surface area contributed by atoms with Gasteiger partial charge in [0.05, 0.1) is 23.1 Å². The minimum Gasteiger partial charge on any atom is -0.382 e. The second-order valence-electron chi connectivity index (χ2n) is 5.45. The number of nitrogens with two attached hydrogens (primary N) is 1. The van der Waals surface area contributed by atoms with E-state index in [2.05, 4.69) is 31.8 Å². The Hall–Kier alpha value is -3.28. The molecule has 0 bridgehead atoms. The topological polar surface area (TPSA) is 93.4 Å². The number of H-pyrrole nitrogens is 1. The van der Waals surface area contributed by atoms with Crippen LogP contribution in [0.15, 0.2) is 48.8 Å². The van der Waals surface area contributed by atoms with E-state index in [0.29, 0.717) is 17.3 Å². The molecule has 3 aromatic heterocycles. The molecule has 0 spiro atoms. The molecule has 6 nitrogen and oxygen atoms in total. The van der Waals surface area contributed by atoms with Crippen molar-refractivity contribution in [1.82, 2.24) is 24.9 Å². The fraction of sp³-hybridized carbons (Fsp3) is 0.111. The van der Waals surface area contributed by atoms with Crippen molar-refractivity contribution < 1.29 is 0 Å². The molecule has 3 N–H and O–H groups in total. The van der Waals surface area contributed by atoms with Crippen molar-refractivity contribution in [2.75, 3.05) is 5.73 Å². The Morgan fingerprint density at radius 1 is 1.04 bits per heavy atom. The average Bonchev–Trinajstić information content (AvgIpc) is 3.07. The van der Waals surface area contributed by atoms with Crippen molar-refractivity contribution in [3.63, 3.8) is 0 Å². The van der Waals surface area contributed by atoms with Gasteiger partial charge in [0.25, 0.3) is 0 Å². The first-order valence-corrected chi connectivity index (χ1v) is 7.78. The summed E-state index contributed by atoms with van der Waals surface area (Å²) in [4.78, 5) is 21.2. The number of imidazole rings is 1. The Morgan fingerprint density at radius 2 is 1.88 bits per heavy atom. The SMILES string of the molecule is CCc1nccc2[nH]c(-c3nc(-c4ccccc4)cnc3N)nc12. The molecule has 0 radical (unpaired) electrons. The standard InChI is InChI=1S/C18H16N6/c1-2-12-15-13(8-9-20-12)23-18(24-15)16-17(19)21-10-14(22-16)11-6-4-3-5-7-11/h3-10H,2H2,1H3,(H2,19,21)(H,23,24). The molecule has 0 unspecified atom stereocenters. The molecule has 4 aromatic rings. The summed E-state index contributed by atoms with van der Waals surface area (Å²) in [5, 5.41) is 0. The van der Waals surface area contributed by atoms with Gasteiger partial charge >= 0.3 is 0 Å². The largest absolute Gasteiger partial charge is 0.382 e. The number of aryl methyl sites for hydroxylation is 1. The van der Waals surface area contributed by atoms with Crippen molar-refractivity contribution in [3.8, 4) is 22.8 Å². The molecule has 0 aliphatic carbocycles. The number of aromatic amines is 1. The third-order valence-corrected chi connectivity index (χ3v) is 3.91. The van der Waals surface area contributed by atoms with E-state index in [1.54, 1.807) is 12.4 Å². The number of nitrogens with one attached hydrogen (secondary N) is 1. The summed E-state index contributed by atoms with van der Waals surface area (Å²) in [5.74, 6) is 0.954. The van der Waals surface area contributed by atoms with Crippen LogP contribution in [0.25, 0.3) is 33.8 Å². The lowest BCUT2D eigenvalue weighted by atomic mass is 10.1. The number of pyridine rings is 1. The van der Waals surface area contributed by atoms with E-state index in [1.165, 1.54) is 0 Å².